The second kappa shape index (κ2) is 10.7. The highest BCUT2D eigenvalue weighted by Crippen LogP contribution is 2.33. The molecule has 1 fully saturated rings. The Hall–Kier alpha value is -4.56. The number of carbonyl (C=O) groups is 1. The van der Waals surface area contributed by atoms with Crippen LogP contribution in [-0.2, 0) is 0 Å². The summed E-state index contributed by atoms with van der Waals surface area (Å²) in [5, 5.41) is 1.01. The van der Waals surface area contributed by atoms with E-state index in [1.54, 1.807) is 31.5 Å². The number of carbonyl (C=O) groups excluding carboxylic acids is 1. The van der Waals surface area contributed by atoms with Gasteiger partial charge in [-0.15, -0.1) is 0 Å². The average molecular weight is 540 g/mol. The number of para-hydroxylation sites is 1. The molecule has 0 radical (unpaired) electrons. The van der Waals surface area contributed by atoms with Gasteiger partial charge in [-0.3, -0.25) is 4.79 Å². The fourth-order valence-electron chi connectivity index (χ4n) is 4.85. The van der Waals surface area contributed by atoms with Gasteiger partial charge in [0.15, 0.2) is 5.78 Å². The van der Waals surface area contributed by atoms with Gasteiger partial charge in [-0.05, 0) is 48.5 Å². The Bertz CT molecular complexity index is 1610. The highest BCUT2D eigenvalue weighted by molar-refractivity contribution is 6.35. The molecule has 0 unspecified atom stereocenters. The van der Waals surface area contributed by atoms with E-state index in [-0.39, 0.29) is 5.78 Å². The van der Waals surface area contributed by atoms with Crippen LogP contribution >= 0.6 is 11.6 Å². The number of anilines is 2. The monoisotopic (exact) mass is 539 g/mol. The van der Waals surface area contributed by atoms with Gasteiger partial charge in [-0.2, -0.15) is 0 Å². The number of hydrogen-bond acceptors (Lipinski definition) is 7. The van der Waals surface area contributed by atoms with E-state index in [2.05, 4.69) is 36.9 Å². The van der Waals surface area contributed by atoms with Gasteiger partial charge < -0.3 is 24.3 Å². The number of piperazine rings is 1. The molecule has 5 aromatic rings. The summed E-state index contributed by atoms with van der Waals surface area (Å²) >= 11 is 6.57. The van der Waals surface area contributed by atoms with Crippen molar-refractivity contribution in [3.8, 4) is 17.2 Å². The summed E-state index contributed by atoms with van der Waals surface area (Å²) in [6, 6.07) is 22.6. The van der Waals surface area contributed by atoms with Crippen molar-refractivity contribution in [2.75, 3.05) is 43.1 Å². The molecule has 1 aliphatic rings. The number of rotatable bonds is 7. The third-order valence-corrected chi connectivity index (χ3v) is 7.19. The van der Waals surface area contributed by atoms with Gasteiger partial charge in [-0.25, -0.2) is 9.97 Å². The van der Waals surface area contributed by atoms with E-state index in [9.17, 15) is 4.79 Å². The number of H-pyrrole nitrogens is 1. The minimum atomic E-state index is -0.203. The third kappa shape index (κ3) is 4.98. The summed E-state index contributed by atoms with van der Waals surface area (Å²) in [6.07, 6.45) is 3.21. The van der Waals surface area contributed by atoms with E-state index in [4.69, 9.17) is 21.1 Å². The molecule has 1 saturated heterocycles. The predicted octanol–water partition coefficient (Wildman–Crippen LogP) is 5.97. The number of fused-ring (bicyclic) bond motifs is 1. The molecule has 3 aromatic carbocycles. The van der Waals surface area contributed by atoms with Crippen LogP contribution in [0.5, 0.6) is 17.2 Å². The lowest BCUT2D eigenvalue weighted by Crippen LogP contribution is -2.47. The van der Waals surface area contributed by atoms with Crippen molar-refractivity contribution in [3.63, 3.8) is 0 Å². The highest BCUT2D eigenvalue weighted by atomic mass is 35.5. The summed E-state index contributed by atoms with van der Waals surface area (Å²) in [7, 11) is 1.67. The van der Waals surface area contributed by atoms with Crippen molar-refractivity contribution in [3.05, 3.63) is 101 Å². The molecule has 196 valence electrons. The Morgan fingerprint density at radius 2 is 1.56 bits per heavy atom. The Morgan fingerprint density at radius 1 is 0.846 bits per heavy atom. The van der Waals surface area contributed by atoms with Crippen LogP contribution in [0.25, 0.3) is 11.0 Å². The maximum absolute atomic E-state index is 13.7. The first-order chi connectivity index (χ1) is 19.1. The lowest BCUT2D eigenvalue weighted by molar-refractivity contribution is 0.104. The van der Waals surface area contributed by atoms with E-state index in [1.807, 2.05) is 42.5 Å². The zero-order valence-corrected chi connectivity index (χ0v) is 22.1. The topological polar surface area (TPSA) is 83.6 Å². The molecule has 1 aliphatic heterocycles. The number of ketones is 1. The molecular weight excluding hydrogens is 514 g/mol. The first-order valence-electron chi connectivity index (χ1n) is 12.6. The second-order valence-corrected chi connectivity index (χ2v) is 9.59. The number of benzene rings is 3. The van der Waals surface area contributed by atoms with E-state index >= 15 is 0 Å². The maximum Gasteiger partial charge on any atom is 0.196 e. The summed E-state index contributed by atoms with van der Waals surface area (Å²) < 4.78 is 11.1. The first-order valence-corrected chi connectivity index (χ1v) is 13.0. The normalized spacial score (nSPS) is 13.5. The molecule has 8 nitrogen and oxygen atoms in total. The molecule has 9 heteroatoms. The van der Waals surface area contributed by atoms with E-state index in [1.165, 1.54) is 6.33 Å². The van der Waals surface area contributed by atoms with Crippen LogP contribution < -0.4 is 19.3 Å². The van der Waals surface area contributed by atoms with Crippen LogP contribution in [0.4, 0.5) is 11.5 Å². The fourth-order valence-corrected chi connectivity index (χ4v) is 5.10. The SMILES string of the molecule is COc1ccc(N2CCN(c3ncnc4[nH]cc(C(=O)c5ccc(Oc6ccccc6)cc5Cl)c34)CC2)cc1. The number of aromatic nitrogens is 3. The number of halogens is 1. The number of nitrogens with zero attached hydrogens (tertiary/aromatic N) is 4. The standard InChI is InChI=1S/C30H26ClN5O3/c1-38-21-9-7-20(8-10-21)35-13-15-36(16-14-35)30-27-25(18-32-29(27)33-19-34-30)28(37)24-12-11-23(17-26(24)31)39-22-5-3-2-4-6-22/h2-12,17-19H,13-16H2,1H3,(H,32,33,34). The van der Waals surface area contributed by atoms with Crippen LogP contribution in [0, 0.1) is 0 Å². The molecule has 39 heavy (non-hydrogen) atoms. The maximum atomic E-state index is 13.7. The average Bonchev–Trinajstić information content (AvgIpc) is 3.42. The predicted molar refractivity (Wildman–Crippen MR) is 153 cm³/mol. The third-order valence-electron chi connectivity index (χ3n) is 6.88. The van der Waals surface area contributed by atoms with Gasteiger partial charge in [0.05, 0.1) is 23.1 Å². The lowest BCUT2D eigenvalue weighted by atomic mass is 10.0. The number of ether oxygens (including phenoxy) is 2. The minimum absolute atomic E-state index is 0.203. The molecule has 0 aliphatic carbocycles. The molecule has 1 N–H and O–H groups in total. The summed E-state index contributed by atoms with van der Waals surface area (Å²) in [5.41, 5.74) is 2.63. The molecular formula is C30H26ClN5O3. The van der Waals surface area contributed by atoms with Crippen LogP contribution in [-0.4, -0.2) is 54.0 Å². The lowest BCUT2D eigenvalue weighted by Gasteiger charge is -2.37. The Balaban J connectivity index is 1.24. The van der Waals surface area contributed by atoms with Gasteiger partial charge >= 0.3 is 0 Å². The van der Waals surface area contributed by atoms with E-state index in [0.29, 0.717) is 38.7 Å². The molecule has 6 rings (SSSR count). The number of methoxy groups -OCH3 is 1. The molecule has 3 heterocycles. The van der Waals surface area contributed by atoms with E-state index in [0.717, 1.165) is 43.4 Å². The van der Waals surface area contributed by atoms with Crippen molar-refractivity contribution in [2.24, 2.45) is 0 Å². The number of hydrogen-bond donors (Lipinski definition) is 1. The Labute approximate surface area is 230 Å². The summed E-state index contributed by atoms with van der Waals surface area (Å²) in [4.78, 5) is 30.3. The van der Waals surface area contributed by atoms with Crippen LogP contribution in [0.3, 0.4) is 0 Å². The second-order valence-electron chi connectivity index (χ2n) is 9.18. The summed E-state index contributed by atoms with van der Waals surface area (Å²) in [6.45, 7) is 3.15. The Morgan fingerprint density at radius 3 is 2.28 bits per heavy atom. The molecule has 0 spiro atoms. The van der Waals surface area contributed by atoms with Gasteiger partial charge in [-0.1, -0.05) is 29.8 Å². The van der Waals surface area contributed by atoms with Gasteiger partial charge in [0.2, 0.25) is 0 Å². The quantitative estimate of drug-likeness (QED) is 0.255. The number of aromatic amines is 1. The van der Waals surface area contributed by atoms with Crippen LogP contribution in [0.2, 0.25) is 5.02 Å². The molecule has 0 atom stereocenters. The van der Waals surface area contributed by atoms with Crippen molar-refractivity contribution in [1.82, 2.24) is 15.0 Å². The van der Waals surface area contributed by atoms with Crippen molar-refractivity contribution >= 4 is 39.9 Å². The zero-order valence-electron chi connectivity index (χ0n) is 21.3. The zero-order chi connectivity index (χ0) is 26.8. The number of nitrogens with one attached hydrogen (secondary N) is 1. The van der Waals surface area contributed by atoms with Crippen molar-refractivity contribution < 1.29 is 14.3 Å². The van der Waals surface area contributed by atoms with Gasteiger partial charge in [0, 0.05) is 49.7 Å². The largest absolute Gasteiger partial charge is 0.497 e. The molecule has 0 saturated carbocycles. The van der Waals surface area contributed by atoms with Gasteiger partial charge in [0.25, 0.3) is 0 Å². The van der Waals surface area contributed by atoms with E-state index < -0.39 is 0 Å². The summed E-state index contributed by atoms with van der Waals surface area (Å²) in [5.74, 6) is 2.62. The smallest absolute Gasteiger partial charge is 0.196 e. The molecule has 0 bridgehead atoms. The molecule has 0 amide bonds. The fraction of sp³-hybridized carbons (Fsp3) is 0.167. The highest BCUT2D eigenvalue weighted by Gasteiger charge is 2.25. The minimum Gasteiger partial charge on any atom is -0.497 e. The van der Waals surface area contributed by atoms with Crippen molar-refractivity contribution in [1.29, 1.82) is 0 Å². The van der Waals surface area contributed by atoms with Crippen molar-refractivity contribution in [2.45, 2.75) is 0 Å². The van der Waals surface area contributed by atoms with Crippen LogP contribution in [0.1, 0.15) is 15.9 Å². The van der Waals surface area contributed by atoms with Crippen LogP contribution in [0.15, 0.2) is 85.3 Å². The first kappa shape index (κ1) is 24.8. The Kier molecular flexibility index (Phi) is 6.77. The van der Waals surface area contributed by atoms with Gasteiger partial charge in [0.1, 0.15) is 35.0 Å². The molecule has 2 aromatic heterocycles.